The number of anilines is 2. The van der Waals surface area contributed by atoms with Crippen molar-refractivity contribution in [2.45, 2.75) is 20.8 Å². The van der Waals surface area contributed by atoms with E-state index >= 15 is 0 Å². The van der Waals surface area contributed by atoms with E-state index in [-0.39, 0.29) is 0 Å². The predicted molar refractivity (Wildman–Crippen MR) is 85.3 cm³/mol. The van der Waals surface area contributed by atoms with Crippen molar-refractivity contribution in [2.24, 2.45) is 0 Å². The molecule has 1 aromatic carbocycles. The molecule has 0 heterocycles. The van der Waals surface area contributed by atoms with Gasteiger partial charge >= 0.3 is 0 Å². The average Bonchev–Trinajstić information content (AvgIpc) is 2.38. The molecule has 0 aliphatic carbocycles. The Morgan fingerprint density at radius 3 is 2.16 bits per heavy atom. The number of aryl methyl sites for hydroxylation is 1. The molecule has 1 rings (SSSR count). The lowest BCUT2D eigenvalue weighted by Gasteiger charge is -2.24. The first-order valence-electron chi connectivity index (χ1n) is 6.75. The monoisotopic (exact) mass is 267 g/mol. The van der Waals surface area contributed by atoms with Gasteiger partial charge in [0.25, 0.3) is 0 Å². The van der Waals surface area contributed by atoms with E-state index in [1.54, 1.807) is 7.11 Å². The summed E-state index contributed by atoms with van der Waals surface area (Å²) in [6, 6.07) is 3.96. The Morgan fingerprint density at radius 2 is 1.68 bits per heavy atom. The maximum absolute atomic E-state index is 5.87. The Labute approximate surface area is 118 Å². The van der Waals surface area contributed by atoms with E-state index in [4.69, 9.17) is 10.5 Å². The lowest BCUT2D eigenvalue weighted by Crippen LogP contribution is -2.28. The number of nitrogens with two attached hydrogens (primary N) is 1. The van der Waals surface area contributed by atoms with Crippen LogP contribution >= 0.6 is 0 Å². The van der Waals surface area contributed by atoms with Crippen LogP contribution in [0.1, 0.15) is 19.4 Å². The number of hydrogen-bond acceptors (Lipinski definition) is 4. The number of nitrogen functional groups attached to an aromatic ring is 1. The molecule has 0 amide bonds. The van der Waals surface area contributed by atoms with Gasteiger partial charge in [0, 0.05) is 31.9 Å². The van der Waals surface area contributed by atoms with Crippen LogP contribution < -0.4 is 15.4 Å². The molecule has 0 spiro atoms. The van der Waals surface area contributed by atoms with Crippen LogP contribution in [0.5, 0.6) is 5.75 Å². The van der Waals surface area contributed by atoms with Gasteiger partial charge in [0.05, 0.1) is 12.8 Å². The molecule has 2 N–H and O–H groups in total. The van der Waals surface area contributed by atoms with Crippen LogP contribution in [0.4, 0.5) is 11.4 Å². The fourth-order valence-electron chi connectivity index (χ4n) is 1.76. The Hall–Kier alpha value is -1.42. The summed E-state index contributed by atoms with van der Waals surface area (Å²) < 4.78 is 5.25. The molecule has 4 heteroatoms. The molecule has 1 aromatic rings. The van der Waals surface area contributed by atoms with Crippen molar-refractivity contribution in [3.05, 3.63) is 17.7 Å². The topological polar surface area (TPSA) is 41.7 Å². The van der Waals surface area contributed by atoms with Gasteiger partial charge in [-0.25, -0.2) is 0 Å². The van der Waals surface area contributed by atoms with E-state index < -0.39 is 0 Å². The molecule has 0 unspecified atom stereocenters. The molecule has 4 nitrogen and oxygen atoms in total. The van der Waals surface area contributed by atoms with Crippen LogP contribution in [-0.2, 0) is 0 Å². The zero-order valence-electron chi connectivity index (χ0n) is 13.4. The largest absolute Gasteiger partial charge is 0.495 e. The van der Waals surface area contributed by atoms with Crippen molar-refractivity contribution in [2.75, 3.05) is 52.0 Å². The zero-order valence-corrected chi connectivity index (χ0v) is 13.4. The van der Waals surface area contributed by atoms with Crippen LogP contribution in [0.15, 0.2) is 12.1 Å². The number of methoxy groups -OCH3 is 1. The number of rotatable bonds is 5. The van der Waals surface area contributed by atoms with Gasteiger partial charge in [-0.1, -0.05) is 13.8 Å². The van der Waals surface area contributed by atoms with Gasteiger partial charge in [0.1, 0.15) is 5.75 Å². The minimum Gasteiger partial charge on any atom is -0.495 e. The highest BCUT2D eigenvalue weighted by molar-refractivity contribution is 5.66. The van der Waals surface area contributed by atoms with Crippen LogP contribution in [0.2, 0.25) is 0 Å². The maximum atomic E-state index is 5.87. The first kappa shape index (κ1) is 17.6. The Balaban J connectivity index is 0.00000154. The van der Waals surface area contributed by atoms with E-state index in [0.717, 1.165) is 24.5 Å². The van der Waals surface area contributed by atoms with Gasteiger partial charge in [-0.05, 0) is 32.6 Å². The third-order valence-electron chi connectivity index (χ3n) is 2.84. The van der Waals surface area contributed by atoms with Crippen LogP contribution in [0, 0.1) is 6.92 Å². The minimum absolute atomic E-state index is 0.690. The summed E-state index contributed by atoms with van der Waals surface area (Å²) in [5, 5.41) is 0. The number of likely N-dealkylation sites (N-methyl/N-ethyl adjacent to an activating group) is 2. The van der Waals surface area contributed by atoms with Crippen molar-refractivity contribution >= 4 is 11.4 Å². The zero-order chi connectivity index (χ0) is 15.0. The summed E-state index contributed by atoms with van der Waals surface area (Å²) in [5.74, 6) is 0.738. The molecule has 0 bridgehead atoms. The molecule has 110 valence electrons. The number of ether oxygens (including phenoxy) is 1. The highest BCUT2D eigenvalue weighted by Crippen LogP contribution is 2.30. The second-order valence-electron chi connectivity index (χ2n) is 4.61. The van der Waals surface area contributed by atoms with Gasteiger partial charge in [-0.3, -0.25) is 0 Å². The molecule has 0 aromatic heterocycles. The van der Waals surface area contributed by atoms with E-state index in [0.29, 0.717) is 5.69 Å². The van der Waals surface area contributed by atoms with Crippen LogP contribution in [0.25, 0.3) is 0 Å². The number of benzene rings is 1. The van der Waals surface area contributed by atoms with E-state index in [2.05, 4.69) is 37.9 Å². The first-order chi connectivity index (χ1) is 8.95. The minimum atomic E-state index is 0.690. The van der Waals surface area contributed by atoms with Gasteiger partial charge < -0.3 is 20.3 Å². The fraction of sp³-hybridized carbons (Fsp3) is 0.600. The number of nitrogens with zero attached hydrogens (tertiary/aromatic N) is 2. The molecule has 0 saturated heterocycles. The summed E-state index contributed by atoms with van der Waals surface area (Å²) in [5.41, 5.74) is 8.90. The van der Waals surface area contributed by atoms with Gasteiger partial charge in [0.15, 0.2) is 0 Å². The number of hydrogen-bond donors (Lipinski definition) is 1. The van der Waals surface area contributed by atoms with Gasteiger partial charge in [-0.15, -0.1) is 0 Å². The SMILES string of the molecule is CC.COc1cc(N(C)CCN(C)C)c(C)cc1N. The van der Waals surface area contributed by atoms with Crippen molar-refractivity contribution in [1.82, 2.24) is 4.90 Å². The normalized spacial score (nSPS) is 9.89. The Bertz CT molecular complexity index is 378. The quantitative estimate of drug-likeness (QED) is 0.833. The maximum Gasteiger partial charge on any atom is 0.143 e. The van der Waals surface area contributed by atoms with Gasteiger partial charge in [-0.2, -0.15) is 0 Å². The summed E-state index contributed by atoms with van der Waals surface area (Å²) in [4.78, 5) is 4.39. The molecular weight excluding hydrogens is 238 g/mol. The average molecular weight is 267 g/mol. The predicted octanol–water partition coefficient (Wildman–Crippen LogP) is 2.61. The summed E-state index contributed by atoms with van der Waals surface area (Å²) in [7, 11) is 7.88. The highest BCUT2D eigenvalue weighted by atomic mass is 16.5. The smallest absolute Gasteiger partial charge is 0.143 e. The standard InChI is InChI=1S/C13H23N3O.C2H6/c1-10-8-11(14)13(17-5)9-12(10)16(4)7-6-15(2)3;1-2/h8-9H,6-7,14H2,1-5H3;1-2H3. The lowest BCUT2D eigenvalue weighted by molar-refractivity contribution is 0.413. The third kappa shape index (κ3) is 5.39. The summed E-state index contributed by atoms with van der Waals surface area (Å²) >= 11 is 0. The van der Waals surface area contributed by atoms with Crippen molar-refractivity contribution in [3.63, 3.8) is 0 Å². The molecule has 0 atom stereocenters. The molecule has 19 heavy (non-hydrogen) atoms. The van der Waals surface area contributed by atoms with Crippen molar-refractivity contribution in [1.29, 1.82) is 0 Å². The molecule has 0 saturated carbocycles. The van der Waals surface area contributed by atoms with E-state index in [9.17, 15) is 0 Å². The second kappa shape index (κ2) is 8.64. The second-order valence-corrected chi connectivity index (χ2v) is 4.61. The third-order valence-corrected chi connectivity index (χ3v) is 2.84. The van der Waals surface area contributed by atoms with Crippen molar-refractivity contribution < 1.29 is 4.74 Å². The molecule has 0 radical (unpaired) electrons. The first-order valence-corrected chi connectivity index (χ1v) is 6.75. The summed E-state index contributed by atoms with van der Waals surface area (Å²) in [6.07, 6.45) is 0. The van der Waals surface area contributed by atoms with Crippen molar-refractivity contribution in [3.8, 4) is 5.75 Å². The molecule has 0 aliphatic rings. The van der Waals surface area contributed by atoms with Gasteiger partial charge in [0.2, 0.25) is 0 Å². The molecular formula is C15H29N3O. The van der Waals surface area contributed by atoms with E-state index in [1.165, 1.54) is 5.56 Å². The Morgan fingerprint density at radius 1 is 1.11 bits per heavy atom. The van der Waals surface area contributed by atoms with E-state index in [1.807, 2.05) is 26.0 Å². The van der Waals surface area contributed by atoms with Crippen LogP contribution in [-0.4, -0.2) is 46.2 Å². The molecule has 0 aliphatic heterocycles. The highest BCUT2D eigenvalue weighted by Gasteiger charge is 2.09. The summed E-state index contributed by atoms with van der Waals surface area (Å²) in [6.45, 7) is 8.06. The van der Waals surface area contributed by atoms with Crippen LogP contribution in [0.3, 0.4) is 0 Å². The fourth-order valence-corrected chi connectivity index (χ4v) is 1.76. The Kier molecular flexibility index (Phi) is 8.00. The molecule has 0 fully saturated rings. The lowest BCUT2D eigenvalue weighted by atomic mass is 10.1.